The fraction of sp³-hybridized carbons (Fsp3) is 0.188. The van der Waals surface area contributed by atoms with E-state index in [-0.39, 0.29) is 12.6 Å². The quantitative estimate of drug-likeness (QED) is 0.778. The molecule has 0 aromatic heterocycles. The summed E-state index contributed by atoms with van der Waals surface area (Å²) in [6.07, 6.45) is 0. The molecule has 4 heteroatoms. The zero-order chi connectivity index (χ0) is 14.4. The number of hydrogen-bond acceptors (Lipinski definition) is 3. The highest BCUT2D eigenvalue weighted by molar-refractivity contribution is 6.31. The van der Waals surface area contributed by atoms with E-state index < -0.39 is 0 Å². The molecule has 2 aromatic rings. The van der Waals surface area contributed by atoms with Gasteiger partial charge in [-0.3, -0.25) is 0 Å². The van der Waals surface area contributed by atoms with Gasteiger partial charge < -0.3 is 9.47 Å². The lowest BCUT2D eigenvalue weighted by Crippen LogP contribution is -2.05. The van der Waals surface area contributed by atoms with Crippen LogP contribution in [0.2, 0.25) is 5.02 Å². The topological polar surface area (TPSA) is 35.5 Å². The molecule has 0 saturated carbocycles. The lowest BCUT2D eigenvalue weighted by atomic mass is 10.2. The molecule has 0 radical (unpaired) electrons. The Morgan fingerprint density at radius 1 is 1.10 bits per heavy atom. The predicted molar refractivity (Wildman–Crippen MR) is 78.2 cm³/mol. The van der Waals surface area contributed by atoms with Crippen LogP contribution in [-0.4, -0.2) is 12.6 Å². The average Bonchev–Trinajstić information content (AvgIpc) is 2.47. The summed E-state index contributed by atoms with van der Waals surface area (Å²) in [7, 11) is 0. The zero-order valence-corrected chi connectivity index (χ0v) is 11.9. The Morgan fingerprint density at radius 2 is 1.80 bits per heavy atom. The van der Waals surface area contributed by atoms with Gasteiger partial charge in [0.15, 0.2) is 0 Å². The molecule has 2 aromatic carbocycles. The van der Waals surface area contributed by atoms with Crippen molar-refractivity contribution in [3.05, 3.63) is 64.7 Å². The van der Waals surface area contributed by atoms with E-state index in [4.69, 9.17) is 21.1 Å². The van der Waals surface area contributed by atoms with Crippen LogP contribution in [0.3, 0.4) is 0 Å². The molecule has 0 aliphatic carbocycles. The summed E-state index contributed by atoms with van der Waals surface area (Å²) in [5.41, 5.74) is 1.27. The van der Waals surface area contributed by atoms with E-state index in [0.29, 0.717) is 17.2 Å². The summed E-state index contributed by atoms with van der Waals surface area (Å²) in [6.45, 7) is 2.66. The van der Waals surface area contributed by atoms with Crippen molar-refractivity contribution in [2.45, 2.75) is 13.5 Å². The summed E-state index contributed by atoms with van der Waals surface area (Å²) in [5.74, 6) is 0.350. The number of esters is 1. The number of benzene rings is 2. The van der Waals surface area contributed by atoms with Crippen LogP contribution in [0.25, 0.3) is 0 Å². The smallest absolute Gasteiger partial charge is 0.338 e. The average molecular weight is 291 g/mol. The van der Waals surface area contributed by atoms with Crippen molar-refractivity contribution in [2.75, 3.05) is 6.61 Å². The molecule has 20 heavy (non-hydrogen) atoms. The first-order chi connectivity index (χ1) is 9.70. The van der Waals surface area contributed by atoms with Crippen molar-refractivity contribution >= 4 is 17.6 Å². The Balaban J connectivity index is 1.96. The van der Waals surface area contributed by atoms with Gasteiger partial charge in [0.2, 0.25) is 0 Å². The minimum atomic E-state index is -0.382. The molecule has 0 fully saturated rings. The second kappa shape index (κ2) is 6.96. The number of carbonyl (C=O) groups excluding carboxylic acids is 1. The minimum absolute atomic E-state index is 0.158. The molecule has 0 amide bonds. The monoisotopic (exact) mass is 290 g/mol. The third-order valence-corrected chi connectivity index (χ3v) is 3.09. The SMILES string of the molecule is CCOc1ccc(C(=O)OCc2ccccc2Cl)cc1. The molecular weight excluding hydrogens is 276 g/mol. The van der Waals surface area contributed by atoms with Gasteiger partial charge in [-0.15, -0.1) is 0 Å². The van der Waals surface area contributed by atoms with Gasteiger partial charge in [-0.1, -0.05) is 29.8 Å². The highest BCUT2D eigenvalue weighted by Crippen LogP contribution is 2.17. The highest BCUT2D eigenvalue weighted by atomic mass is 35.5. The van der Waals surface area contributed by atoms with E-state index in [1.165, 1.54) is 0 Å². The molecule has 2 rings (SSSR count). The number of halogens is 1. The van der Waals surface area contributed by atoms with Crippen LogP contribution < -0.4 is 4.74 Å². The van der Waals surface area contributed by atoms with Gasteiger partial charge in [0, 0.05) is 10.6 Å². The molecule has 104 valence electrons. The van der Waals surface area contributed by atoms with Gasteiger partial charge >= 0.3 is 5.97 Å². The Morgan fingerprint density at radius 3 is 2.45 bits per heavy atom. The van der Waals surface area contributed by atoms with Crippen molar-refractivity contribution in [3.63, 3.8) is 0 Å². The summed E-state index contributed by atoms with van der Waals surface area (Å²) < 4.78 is 10.5. The lowest BCUT2D eigenvalue weighted by Gasteiger charge is -2.07. The van der Waals surface area contributed by atoms with Crippen LogP contribution in [0.1, 0.15) is 22.8 Å². The number of hydrogen-bond donors (Lipinski definition) is 0. The van der Waals surface area contributed by atoms with Gasteiger partial charge in [-0.25, -0.2) is 4.79 Å². The minimum Gasteiger partial charge on any atom is -0.494 e. The van der Waals surface area contributed by atoms with Gasteiger partial charge in [0.25, 0.3) is 0 Å². The standard InChI is InChI=1S/C16H15ClO3/c1-2-19-14-9-7-12(8-10-14)16(18)20-11-13-5-3-4-6-15(13)17/h3-10H,2,11H2,1H3. The Labute approximate surface area is 123 Å². The molecule has 0 aliphatic heterocycles. The van der Waals surface area contributed by atoms with Crippen molar-refractivity contribution in [2.24, 2.45) is 0 Å². The van der Waals surface area contributed by atoms with Gasteiger partial charge in [0.05, 0.1) is 12.2 Å². The van der Waals surface area contributed by atoms with Crippen LogP contribution >= 0.6 is 11.6 Å². The molecule has 0 atom stereocenters. The lowest BCUT2D eigenvalue weighted by molar-refractivity contribution is 0.0473. The largest absolute Gasteiger partial charge is 0.494 e. The molecule has 0 bridgehead atoms. The van der Waals surface area contributed by atoms with Crippen LogP contribution in [-0.2, 0) is 11.3 Å². The van der Waals surface area contributed by atoms with Crippen LogP contribution in [0.4, 0.5) is 0 Å². The van der Waals surface area contributed by atoms with Crippen molar-refractivity contribution < 1.29 is 14.3 Å². The maximum atomic E-state index is 11.9. The summed E-state index contributed by atoms with van der Waals surface area (Å²) >= 11 is 6.00. The molecule has 0 saturated heterocycles. The van der Waals surface area contributed by atoms with E-state index in [9.17, 15) is 4.79 Å². The normalized spacial score (nSPS) is 10.1. The van der Waals surface area contributed by atoms with E-state index >= 15 is 0 Å². The second-order valence-corrected chi connectivity index (χ2v) is 4.53. The molecule has 0 aliphatic rings. The molecule has 0 unspecified atom stereocenters. The number of carbonyl (C=O) groups is 1. The summed E-state index contributed by atoms with van der Waals surface area (Å²) in [4.78, 5) is 11.9. The molecule has 3 nitrogen and oxygen atoms in total. The summed E-state index contributed by atoms with van der Waals surface area (Å²) in [5, 5.41) is 0.590. The first kappa shape index (κ1) is 14.4. The first-order valence-corrected chi connectivity index (χ1v) is 6.72. The molecule has 0 N–H and O–H groups in total. The first-order valence-electron chi connectivity index (χ1n) is 6.34. The third kappa shape index (κ3) is 3.75. The zero-order valence-electron chi connectivity index (χ0n) is 11.1. The maximum absolute atomic E-state index is 11.9. The molecule has 0 spiro atoms. The summed E-state index contributed by atoms with van der Waals surface area (Å²) in [6, 6.07) is 14.1. The van der Waals surface area contributed by atoms with Crippen LogP contribution in [0, 0.1) is 0 Å². The maximum Gasteiger partial charge on any atom is 0.338 e. The Kier molecular flexibility index (Phi) is 5.02. The number of ether oxygens (including phenoxy) is 2. The van der Waals surface area contributed by atoms with Gasteiger partial charge in [-0.2, -0.15) is 0 Å². The van der Waals surface area contributed by atoms with Crippen molar-refractivity contribution in [1.82, 2.24) is 0 Å². The second-order valence-electron chi connectivity index (χ2n) is 4.12. The van der Waals surface area contributed by atoms with E-state index in [0.717, 1.165) is 11.3 Å². The van der Waals surface area contributed by atoms with Gasteiger partial charge in [-0.05, 0) is 37.3 Å². The Bertz CT molecular complexity index is 579. The third-order valence-electron chi connectivity index (χ3n) is 2.72. The van der Waals surface area contributed by atoms with Crippen LogP contribution in [0.5, 0.6) is 5.75 Å². The van der Waals surface area contributed by atoms with E-state index in [1.54, 1.807) is 30.3 Å². The Hall–Kier alpha value is -2.00. The molecular formula is C16H15ClO3. The van der Waals surface area contributed by atoms with E-state index in [1.807, 2.05) is 25.1 Å². The predicted octanol–water partition coefficient (Wildman–Crippen LogP) is 4.10. The highest BCUT2D eigenvalue weighted by Gasteiger charge is 2.08. The van der Waals surface area contributed by atoms with E-state index in [2.05, 4.69) is 0 Å². The van der Waals surface area contributed by atoms with Crippen molar-refractivity contribution in [1.29, 1.82) is 0 Å². The fourth-order valence-electron chi connectivity index (χ4n) is 1.70. The van der Waals surface area contributed by atoms with Crippen molar-refractivity contribution in [3.8, 4) is 5.75 Å². The van der Waals surface area contributed by atoms with Gasteiger partial charge in [0.1, 0.15) is 12.4 Å². The molecule has 0 heterocycles. The van der Waals surface area contributed by atoms with Crippen LogP contribution in [0.15, 0.2) is 48.5 Å². The number of rotatable bonds is 5. The fourth-order valence-corrected chi connectivity index (χ4v) is 1.89.